The molecule has 0 N–H and O–H groups in total. The Kier molecular flexibility index (Phi) is 2.83. The molecule has 0 aliphatic rings. The smallest absolute Gasteiger partial charge is 0.135 e. The molecule has 0 aliphatic carbocycles. The van der Waals surface area contributed by atoms with Gasteiger partial charge >= 0.3 is 0 Å². The van der Waals surface area contributed by atoms with Gasteiger partial charge in [-0.15, -0.1) is 0 Å². The molecule has 1 aromatic carbocycles. The molecule has 1 aromatic heterocycles. The van der Waals surface area contributed by atoms with E-state index >= 15 is 0 Å². The highest BCUT2D eigenvalue weighted by Gasteiger charge is 2.12. The Balaban J connectivity index is 2.63. The van der Waals surface area contributed by atoms with Crippen LogP contribution in [0.5, 0.6) is 0 Å². The molecule has 0 saturated heterocycles. The largest absolute Gasteiger partial charge is 0.236 e. The van der Waals surface area contributed by atoms with Gasteiger partial charge in [0.1, 0.15) is 23.1 Å². The minimum Gasteiger partial charge on any atom is -0.236 e. The first-order valence-electron chi connectivity index (χ1n) is 4.52. The third kappa shape index (κ3) is 1.88. The van der Waals surface area contributed by atoms with Gasteiger partial charge in [-0.25, -0.2) is 18.7 Å². The normalized spacial score (nSPS) is 10.5. The molecular formula is C11H7ClF2N2. The summed E-state index contributed by atoms with van der Waals surface area (Å²) >= 11 is 5.80. The molecule has 0 spiro atoms. The fourth-order valence-electron chi connectivity index (χ4n) is 1.38. The van der Waals surface area contributed by atoms with Crippen LogP contribution in [0.25, 0.3) is 11.3 Å². The van der Waals surface area contributed by atoms with Crippen LogP contribution in [0.4, 0.5) is 8.78 Å². The van der Waals surface area contributed by atoms with E-state index in [-0.39, 0.29) is 10.7 Å². The van der Waals surface area contributed by atoms with Crippen LogP contribution in [0.3, 0.4) is 0 Å². The highest BCUT2D eigenvalue weighted by molar-refractivity contribution is 6.30. The molecule has 2 nitrogen and oxygen atoms in total. The zero-order valence-electron chi connectivity index (χ0n) is 8.34. The van der Waals surface area contributed by atoms with Gasteiger partial charge < -0.3 is 0 Å². The predicted molar refractivity (Wildman–Crippen MR) is 57.1 cm³/mol. The monoisotopic (exact) mass is 240 g/mol. The van der Waals surface area contributed by atoms with Crippen LogP contribution < -0.4 is 0 Å². The molecule has 0 atom stereocenters. The van der Waals surface area contributed by atoms with Crippen LogP contribution in [-0.4, -0.2) is 9.97 Å². The topological polar surface area (TPSA) is 25.8 Å². The van der Waals surface area contributed by atoms with Gasteiger partial charge in [-0.2, -0.15) is 0 Å². The van der Waals surface area contributed by atoms with Crippen LogP contribution in [0.2, 0.25) is 5.15 Å². The molecule has 5 heteroatoms. The van der Waals surface area contributed by atoms with Crippen molar-refractivity contribution < 1.29 is 8.78 Å². The lowest BCUT2D eigenvalue weighted by Gasteiger charge is -2.06. The average molecular weight is 241 g/mol. The van der Waals surface area contributed by atoms with Gasteiger partial charge in [0.15, 0.2) is 0 Å². The molecule has 16 heavy (non-hydrogen) atoms. The molecule has 0 bridgehead atoms. The van der Waals surface area contributed by atoms with E-state index in [1.165, 1.54) is 18.5 Å². The van der Waals surface area contributed by atoms with Crippen LogP contribution in [0.1, 0.15) is 5.56 Å². The Morgan fingerprint density at radius 3 is 2.62 bits per heavy atom. The van der Waals surface area contributed by atoms with Crippen molar-refractivity contribution in [3.63, 3.8) is 0 Å². The minimum atomic E-state index is -0.669. The fraction of sp³-hybridized carbons (Fsp3) is 0.0909. The zero-order valence-corrected chi connectivity index (χ0v) is 9.09. The van der Waals surface area contributed by atoms with Crippen LogP contribution in [0.15, 0.2) is 24.5 Å². The standard InChI is InChI=1S/C11H7ClF2N2/c1-6-10(15-5-16-11(6)12)8-3-2-7(13)4-9(8)14/h2-5H,1H3. The molecule has 2 aromatic rings. The summed E-state index contributed by atoms with van der Waals surface area (Å²) in [5.41, 5.74) is 1.15. The maximum atomic E-state index is 13.5. The number of rotatable bonds is 1. The van der Waals surface area contributed by atoms with Crippen molar-refractivity contribution in [2.75, 3.05) is 0 Å². The van der Waals surface area contributed by atoms with E-state index in [1.54, 1.807) is 6.92 Å². The van der Waals surface area contributed by atoms with Crippen molar-refractivity contribution in [1.82, 2.24) is 9.97 Å². The third-order valence-electron chi connectivity index (χ3n) is 2.21. The molecular weight excluding hydrogens is 234 g/mol. The van der Waals surface area contributed by atoms with Gasteiger partial charge in [-0.3, -0.25) is 0 Å². The second-order valence-corrected chi connectivity index (χ2v) is 3.62. The van der Waals surface area contributed by atoms with Gasteiger partial charge in [0, 0.05) is 17.2 Å². The van der Waals surface area contributed by atoms with E-state index in [1.807, 2.05) is 0 Å². The summed E-state index contributed by atoms with van der Waals surface area (Å²) < 4.78 is 26.2. The maximum absolute atomic E-state index is 13.5. The zero-order chi connectivity index (χ0) is 11.7. The number of aromatic nitrogens is 2. The van der Waals surface area contributed by atoms with Gasteiger partial charge in [0.05, 0.1) is 5.69 Å². The summed E-state index contributed by atoms with van der Waals surface area (Å²) in [6.07, 6.45) is 1.24. The van der Waals surface area contributed by atoms with Crippen LogP contribution in [-0.2, 0) is 0 Å². The molecule has 82 valence electrons. The number of halogens is 3. The van der Waals surface area contributed by atoms with Crippen molar-refractivity contribution in [2.24, 2.45) is 0 Å². The highest BCUT2D eigenvalue weighted by Crippen LogP contribution is 2.26. The van der Waals surface area contributed by atoms with E-state index < -0.39 is 11.6 Å². The Hall–Kier alpha value is -1.55. The lowest BCUT2D eigenvalue weighted by atomic mass is 10.1. The van der Waals surface area contributed by atoms with Gasteiger partial charge in [0.25, 0.3) is 0 Å². The summed E-state index contributed by atoms with van der Waals surface area (Å²) in [6.45, 7) is 1.68. The van der Waals surface area contributed by atoms with E-state index in [4.69, 9.17) is 11.6 Å². The number of hydrogen-bond donors (Lipinski definition) is 0. The summed E-state index contributed by atoms with van der Waals surface area (Å²) in [5.74, 6) is -1.29. The molecule has 0 fully saturated rings. The maximum Gasteiger partial charge on any atom is 0.135 e. The number of benzene rings is 1. The lowest BCUT2D eigenvalue weighted by Crippen LogP contribution is -1.94. The molecule has 0 saturated carbocycles. The first kappa shape index (κ1) is 11.0. The Morgan fingerprint density at radius 2 is 1.94 bits per heavy atom. The fourth-order valence-corrected chi connectivity index (χ4v) is 1.51. The SMILES string of the molecule is Cc1c(Cl)ncnc1-c1ccc(F)cc1F. The average Bonchev–Trinajstić information content (AvgIpc) is 2.23. The number of nitrogens with zero attached hydrogens (tertiary/aromatic N) is 2. The number of hydrogen-bond acceptors (Lipinski definition) is 2. The van der Waals surface area contributed by atoms with Crippen molar-refractivity contribution in [3.05, 3.63) is 46.9 Å². The molecule has 2 rings (SSSR count). The Morgan fingerprint density at radius 1 is 1.19 bits per heavy atom. The summed E-state index contributed by atoms with van der Waals surface area (Å²) in [7, 11) is 0. The van der Waals surface area contributed by atoms with Crippen molar-refractivity contribution in [3.8, 4) is 11.3 Å². The third-order valence-corrected chi connectivity index (χ3v) is 2.59. The van der Waals surface area contributed by atoms with Gasteiger partial charge in [-0.05, 0) is 19.1 Å². The Bertz CT molecular complexity index is 544. The molecule has 0 unspecified atom stereocenters. The summed E-state index contributed by atoms with van der Waals surface area (Å²) in [5, 5.41) is 0.258. The van der Waals surface area contributed by atoms with Crippen molar-refractivity contribution in [2.45, 2.75) is 6.92 Å². The molecule has 0 amide bonds. The first-order valence-corrected chi connectivity index (χ1v) is 4.90. The van der Waals surface area contributed by atoms with E-state index in [0.717, 1.165) is 6.07 Å². The van der Waals surface area contributed by atoms with E-state index in [9.17, 15) is 8.78 Å². The lowest BCUT2D eigenvalue weighted by molar-refractivity contribution is 0.585. The highest BCUT2D eigenvalue weighted by atomic mass is 35.5. The van der Waals surface area contributed by atoms with Crippen molar-refractivity contribution >= 4 is 11.6 Å². The van der Waals surface area contributed by atoms with Gasteiger partial charge in [0.2, 0.25) is 0 Å². The minimum absolute atomic E-state index is 0.211. The predicted octanol–water partition coefficient (Wildman–Crippen LogP) is 3.38. The second-order valence-electron chi connectivity index (χ2n) is 3.26. The second kappa shape index (κ2) is 4.14. The van der Waals surface area contributed by atoms with Crippen LogP contribution >= 0.6 is 11.6 Å². The summed E-state index contributed by atoms with van der Waals surface area (Å²) in [6, 6.07) is 3.31. The molecule has 0 aliphatic heterocycles. The first-order chi connectivity index (χ1) is 7.59. The van der Waals surface area contributed by atoms with E-state index in [2.05, 4.69) is 9.97 Å². The summed E-state index contributed by atoms with van der Waals surface area (Å²) in [4.78, 5) is 7.71. The van der Waals surface area contributed by atoms with E-state index in [0.29, 0.717) is 11.3 Å². The van der Waals surface area contributed by atoms with Gasteiger partial charge in [-0.1, -0.05) is 11.6 Å². The molecule has 0 radical (unpaired) electrons. The Labute approximate surface area is 95.9 Å². The van der Waals surface area contributed by atoms with Crippen LogP contribution in [0, 0.1) is 18.6 Å². The quantitative estimate of drug-likeness (QED) is 0.714. The van der Waals surface area contributed by atoms with Crippen molar-refractivity contribution in [1.29, 1.82) is 0 Å². The molecule has 1 heterocycles.